The topological polar surface area (TPSA) is 74.7 Å². The molecule has 0 unspecified atom stereocenters. The zero-order chi connectivity index (χ0) is 14.9. The lowest BCUT2D eigenvalue weighted by atomic mass is 10.1. The van der Waals surface area contributed by atoms with E-state index >= 15 is 0 Å². The number of halogens is 1. The number of likely N-dealkylation sites (N-methyl/N-ethyl adjacent to an activating group) is 1. The monoisotopic (exact) mass is 297 g/mol. The molecule has 0 aromatic heterocycles. The van der Waals surface area contributed by atoms with E-state index in [0.717, 1.165) is 16.4 Å². The van der Waals surface area contributed by atoms with E-state index in [1.54, 1.807) is 12.1 Å². The number of rotatable bonds is 4. The molecular formula is C13H12FNO4S. The first-order valence-corrected chi connectivity index (χ1v) is 7.13. The maximum absolute atomic E-state index is 13.7. The molecule has 0 amide bonds. The van der Waals surface area contributed by atoms with Crippen LogP contribution in [0.4, 0.5) is 4.39 Å². The summed E-state index contributed by atoms with van der Waals surface area (Å²) < 4.78 is 39.0. The third-order valence-electron chi connectivity index (χ3n) is 2.88. The van der Waals surface area contributed by atoms with Crippen LogP contribution in [0.1, 0.15) is 0 Å². The van der Waals surface area contributed by atoms with Crippen molar-refractivity contribution in [1.29, 1.82) is 0 Å². The molecule has 0 aliphatic heterocycles. The van der Waals surface area contributed by atoms with E-state index < -0.39 is 28.4 Å². The van der Waals surface area contributed by atoms with E-state index in [-0.39, 0.29) is 15.7 Å². The van der Waals surface area contributed by atoms with E-state index in [9.17, 15) is 17.6 Å². The van der Waals surface area contributed by atoms with Gasteiger partial charge in [0.25, 0.3) is 0 Å². The van der Waals surface area contributed by atoms with Gasteiger partial charge in [0.1, 0.15) is 12.4 Å². The van der Waals surface area contributed by atoms with Crippen LogP contribution in [0.2, 0.25) is 0 Å². The van der Waals surface area contributed by atoms with E-state index in [1.807, 2.05) is 0 Å². The molecule has 0 saturated carbocycles. The van der Waals surface area contributed by atoms with Crippen molar-refractivity contribution in [3.05, 3.63) is 42.2 Å². The molecule has 0 radical (unpaired) electrons. The molecule has 0 saturated heterocycles. The maximum Gasteiger partial charge on any atom is 0.318 e. The Bertz CT molecular complexity index is 773. The van der Waals surface area contributed by atoms with Crippen LogP contribution >= 0.6 is 0 Å². The van der Waals surface area contributed by atoms with Gasteiger partial charge in [-0.25, -0.2) is 12.8 Å². The number of nitrogens with zero attached hydrogens (tertiary/aromatic N) is 1. The van der Waals surface area contributed by atoms with Crippen LogP contribution in [0.25, 0.3) is 10.8 Å². The molecule has 20 heavy (non-hydrogen) atoms. The van der Waals surface area contributed by atoms with Crippen LogP contribution in [-0.2, 0) is 14.8 Å². The number of carboxylic acid groups (broad SMARTS) is 1. The molecule has 0 aliphatic carbocycles. The minimum Gasteiger partial charge on any atom is -0.480 e. The number of hydrogen-bond acceptors (Lipinski definition) is 3. The number of benzene rings is 2. The van der Waals surface area contributed by atoms with Crippen molar-refractivity contribution >= 4 is 26.8 Å². The Morgan fingerprint density at radius 2 is 1.80 bits per heavy atom. The fourth-order valence-electron chi connectivity index (χ4n) is 1.90. The highest BCUT2D eigenvalue weighted by Gasteiger charge is 2.25. The Balaban J connectivity index is 2.64. The summed E-state index contributed by atoms with van der Waals surface area (Å²) >= 11 is 0. The number of sulfonamides is 1. The molecule has 106 valence electrons. The Morgan fingerprint density at radius 3 is 2.40 bits per heavy atom. The van der Waals surface area contributed by atoms with Gasteiger partial charge in [0.05, 0.1) is 4.90 Å². The third kappa shape index (κ3) is 2.50. The Kier molecular flexibility index (Phi) is 3.74. The van der Waals surface area contributed by atoms with Crippen molar-refractivity contribution in [2.45, 2.75) is 4.90 Å². The minimum absolute atomic E-state index is 0.113. The SMILES string of the molecule is CN(CC(=O)O)S(=O)(=O)c1ccc(F)c2ccccc12. The zero-order valence-corrected chi connectivity index (χ0v) is 11.4. The van der Waals surface area contributed by atoms with Crippen LogP contribution in [0.3, 0.4) is 0 Å². The van der Waals surface area contributed by atoms with Crippen molar-refractivity contribution in [1.82, 2.24) is 4.31 Å². The lowest BCUT2D eigenvalue weighted by Crippen LogP contribution is -2.32. The normalized spacial score (nSPS) is 11.9. The highest BCUT2D eigenvalue weighted by Crippen LogP contribution is 2.27. The van der Waals surface area contributed by atoms with Gasteiger partial charge in [-0.1, -0.05) is 24.3 Å². The first kappa shape index (κ1) is 14.4. The molecule has 0 bridgehead atoms. The second-order valence-electron chi connectivity index (χ2n) is 4.25. The molecule has 1 N–H and O–H groups in total. The number of aliphatic carboxylic acids is 1. The molecular weight excluding hydrogens is 285 g/mol. The van der Waals surface area contributed by atoms with Gasteiger partial charge >= 0.3 is 5.97 Å². The molecule has 5 nitrogen and oxygen atoms in total. The van der Waals surface area contributed by atoms with Gasteiger partial charge in [0.15, 0.2) is 0 Å². The van der Waals surface area contributed by atoms with E-state index in [1.165, 1.54) is 19.2 Å². The van der Waals surface area contributed by atoms with Crippen LogP contribution < -0.4 is 0 Å². The average molecular weight is 297 g/mol. The molecule has 0 spiro atoms. The molecule has 0 atom stereocenters. The summed E-state index contributed by atoms with van der Waals surface area (Å²) in [6.07, 6.45) is 0. The summed E-state index contributed by atoms with van der Waals surface area (Å²) in [5.74, 6) is -1.79. The van der Waals surface area contributed by atoms with Gasteiger partial charge in [0, 0.05) is 17.8 Å². The van der Waals surface area contributed by atoms with Crippen molar-refractivity contribution in [3.8, 4) is 0 Å². The van der Waals surface area contributed by atoms with Crippen LogP contribution in [-0.4, -0.2) is 37.4 Å². The summed E-state index contributed by atoms with van der Waals surface area (Å²) in [7, 11) is -2.82. The van der Waals surface area contributed by atoms with Crippen LogP contribution in [0.15, 0.2) is 41.3 Å². The minimum atomic E-state index is -3.99. The molecule has 0 aliphatic rings. The molecule has 2 rings (SSSR count). The van der Waals surface area contributed by atoms with E-state index in [0.29, 0.717) is 0 Å². The van der Waals surface area contributed by atoms with E-state index in [4.69, 9.17) is 5.11 Å². The second kappa shape index (κ2) is 5.18. The number of hydrogen-bond donors (Lipinski definition) is 1. The molecule has 2 aromatic carbocycles. The second-order valence-corrected chi connectivity index (χ2v) is 6.26. The summed E-state index contributed by atoms with van der Waals surface area (Å²) in [5.41, 5.74) is 0. The summed E-state index contributed by atoms with van der Waals surface area (Å²) in [4.78, 5) is 10.5. The van der Waals surface area contributed by atoms with Crippen LogP contribution in [0, 0.1) is 5.82 Å². The summed E-state index contributed by atoms with van der Waals surface area (Å²) in [5, 5.41) is 9.09. The smallest absolute Gasteiger partial charge is 0.318 e. The van der Waals surface area contributed by atoms with Crippen molar-refractivity contribution in [2.24, 2.45) is 0 Å². The quantitative estimate of drug-likeness (QED) is 0.931. The van der Waals surface area contributed by atoms with Gasteiger partial charge in [-0.15, -0.1) is 0 Å². The zero-order valence-electron chi connectivity index (χ0n) is 10.6. The summed E-state index contributed by atoms with van der Waals surface area (Å²) in [6.45, 7) is -0.659. The van der Waals surface area contributed by atoms with Gasteiger partial charge in [0.2, 0.25) is 10.0 Å². The first-order chi connectivity index (χ1) is 9.34. The van der Waals surface area contributed by atoms with Crippen molar-refractivity contribution in [3.63, 3.8) is 0 Å². The highest BCUT2D eigenvalue weighted by atomic mass is 32.2. The van der Waals surface area contributed by atoms with Gasteiger partial charge in [-0.05, 0) is 12.1 Å². The Morgan fingerprint density at radius 1 is 1.20 bits per heavy atom. The summed E-state index contributed by atoms with van der Waals surface area (Å²) in [6, 6.07) is 8.36. The fraction of sp³-hybridized carbons (Fsp3) is 0.154. The molecule has 2 aromatic rings. The third-order valence-corrected chi connectivity index (χ3v) is 4.74. The predicted octanol–water partition coefficient (Wildman–Crippen LogP) is 1.68. The average Bonchev–Trinajstić information content (AvgIpc) is 2.38. The van der Waals surface area contributed by atoms with E-state index in [2.05, 4.69) is 0 Å². The van der Waals surface area contributed by atoms with Gasteiger partial charge < -0.3 is 5.11 Å². The largest absolute Gasteiger partial charge is 0.480 e. The van der Waals surface area contributed by atoms with Gasteiger partial charge in [-0.3, -0.25) is 4.79 Å². The van der Waals surface area contributed by atoms with Gasteiger partial charge in [-0.2, -0.15) is 4.31 Å². The standard InChI is InChI=1S/C13H12FNO4S/c1-15(8-13(16)17)20(18,19)12-7-6-11(14)9-4-2-3-5-10(9)12/h2-7H,8H2,1H3,(H,16,17). The van der Waals surface area contributed by atoms with Crippen LogP contribution in [0.5, 0.6) is 0 Å². The fourth-order valence-corrected chi connectivity index (χ4v) is 3.22. The number of fused-ring (bicyclic) bond motifs is 1. The molecule has 7 heteroatoms. The lowest BCUT2D eigenvalue weighted by molar-refractivity contribution is -0.137. The first-order valence-electron chi connectivity index (χ1n) is 5.69. The number of carboxylic acids is 1. The predicted molar refractivity (Wildman–Crippen MR) is 71.4 cm³/mol. The Labute approximate surface area is 115 Å². The highest BCUT2D eigenvalue weighted by molar-refractivity contribution is 7.89. The maximum atomic E-state index is 13.7. The molecule has 0 heterocycles. The molecule has 0 fully saturated rings. The lowest BCUT2D eigenvalue weighted by Gasteiger charge is -2.16. The van der Waals surface area contributed by atoms with Crippen molar-refractivity contribution < 1.29 is 22.7 Å². The van der Waals surface area contributed by atoms with Crippen molar-refractivity contribution in [2.75, 3.05) is 13.6 Å². The number of carbonyl (C=O) groups is 1. The Hall–Kier alpha value is -1.99.